The van der Waals surface area contributed by atoms with Crippen molar-refractivity contribution in [2.24, 2.45) is 17.3 Å². The minimum absolute atomic E-state index is 0.355. The van der Waals surface area contributed by atoms with Crippen LogP contribution in [-0.4, -0.2) is 6.54 Å². The molecule has 0 saturated heterocycles. The van der Waals surface area contributed by atoms with Crippen LogP contribution in [0.2, 0.25) is 0 Å². The van der Waals surface area contributed by atoms with E-state index in [1.165, 1.54) is 32.2 Å². The zero-order valence-corrected chi connectivity index (χ0v) is 12.6. The average molecular weight is 257 g/mol. The number of rotatable bonds is 3. The van der Waals surface area contributed by atoms with Crippen molar-refractivity contribution in [2.75, 3.05) is 6.54 Å². The molecule has 0 spiro atoms. The first kappa shape index (κ1) is 13.2. The minimum atomic E-state index is 0.355. The Morgan fingerprint density at radius 3 is 2.74 bits per heavy atom. The number of hydrogen-bond donors (Lipinski definition) is 1. The second-order valence-electron chi connectivity index (χ2n) is 7.49. The monoisotopic (exact) mass is 257 g/mol. The predicted molar refractivity (Wildman–Crippen MR) is 81.2 cm³/mol. The second kappa shape index (κ2) is 4.94. The smallest absolute Gasteiger partial charge is 0.0377 e. The Labute approximate surface area is 117 Å². The van der Waals surface area contributed by atoms with Crippen molar-refractivity contribution in [1.29, 1.82) is 0 Å². The lowest BCUT2D eigenvalue weighted by molar-refractivity contribution is 0.257. The van der Waals surface area contributed by atoms with Gasteiger partial charge in [-0.05, 0) is 54.2 Å². The van der Waals surface area contributed by atoms with E-state index in [9.17, 15) is 0 Å². The van der Waals surface area contributed by atoms with E-state index in [0.717, 1.165) is 11.8 Å². The lowest BCUT2D eigenvalue weighted by Gasteiger charge is -2.30. The van der Waals surface area contributed by atoms with Gasteiger partial charge in [0, 0.05) is 6.04 Å². The molecule has 2 aliphatic carbocycles. The molecule has 1 aromatic carbocycles. The summed E-state index contributed by atoms with van der Waals surface area (Å²) in [6.45, 7) is 8.41. The molecule has 1 nitrogen and oxygen atoms in total. The molecule has 1 fully saturated rings. The summed E-state index contributed by atoms with van der Waals surface area (Å²) < 4.78 is 0. The molecule has 3 atom stereocenters. The molecule has 1 aromatic rings. The van der Waals surface area contributed by atoms with Crippen LogP contribution in [0.25, 0.3) is 0 Å². The second-order valence-corrected chi connectivity index (χ2v) is 7.49. The van der Waals surface area contributed by atoms with Crippen LogP contribution in [0.5, 0.6) is 0 Å². The minimum Gasteiger partial charge on any atom is -0.309 e. The van der Waals surface area contributed by atoms with Crippen molar-refractivity contribution in [3.8, 4) is 0 Å². The summed E-state index contributed by atoms with van der Waals surface area (Å²) in [7, 11) is 0. The van der Waals surface area contributed by atoms with Crippen molar-refractivity contribution < 1.29 is 0 Å². The highest BCUT2D eigenvalue weighted by atomic mass is 14.9. The van der Waals surface area contributed by atoms with Crippen LogP contribution in [0.1, 0.15) is 57.2 Å². The van der Waals surface area contributed by atoms with E-state index in [4.69, 9.17) is 0 Å². The molecule has 1 heteroatoms. The van der Waals surface area contributed by atoms with Crippen LogP contribution in [-0.2, 0) is 6.42 Å². The summed E-state index contributed by atoms with van der Waals surface area (Å²) in [5.74, 6) is 1.84. The van der Waals surface area contributed by atoms with Crippen molar-refractivity contribution >= 4 is 0 Å². The molecule has 0 aromatic heterocycles. The first-order chi connectivity index (χ1) is 9.06. The van der Waals surface area contributed by atoms with Crippen LogP contribution in [0.4, 0.5) is 0 Å². The lowest BCUT2D eigenvalue weighted by Crippen LogP contribution is -2.34. The van der Waals surface area contributed by atoms with Crippen LogP contribution < -0.4 is 5.32 Å². The van der Waals surface area contributed by atoms with E-state index in [-0.39, 0.29) is 0 Å². The van der Waals surface area contributed by atoms with Crippen molar-refractivity contribution in [3.05, 3.63) is 35.4 Å². The number of fused-ring (bicyclic) bond motifs is 1. The van der Waals surface area contributed by atoms with Crippen LogP contribution in [0.3, 0.4) is 0 Å². The standard InChI is InChI=1S/C18H27N/c1-13-8-9-14(10-13)12-19-17-16-7-5-4-6-15(16)11-18(17,2)3/h4-7,13-14,17,19H,8-12H2,1-3H3. The van der Waals surface area contributed by atoms with Gasteiger partial charge in [-0.2, -0.15) is 0 Å². The first-order valence-electron chi connectivity index (χ1n) is 7.87. The Kier molecular flexibility index (Phi) is 3.42. The molecule has 0 amide bonds. The molecule has 2 aliphatic rings. The molecule has 3 unspecified atom stereocenters. The molecule has 1 N–H and O–H groups in total. The Balaban J connectivity index is 1.69. The van der Waals surface area contributed by atoms with Gasteiger partial charge >= 0.3 is 0 Å². The summed E-state index contributed by atoms with van der Waals surface area (Å²) >= 11 is 0. The van der Waals surface area contributed by atoms with E-state index in [2.05, 4.69) is 50.4 Å². The van der Waals surface area contributed by atoms with Gasteiger partial charge in [0.1, 0.15) is 0 Å². The van der Waals surface area contributed by atoms with E-state index in [1.54, 1.807) is 11.1 Å². The topological polar surface area (TPSA) is 12.0 Å². The fourth-order valence-electron chi connectivity index (χ4n) is 4.17. The summed E-state index contributed by atoms with van der Waals surface area (Å²) in [6.07, 6.45) is 5.48. The van der Waals surface area contributed by atoms with Crippen molar-refractivity contribution in [2.45, 2.75) is 52.5 Å². The maximum absolute atomic E-state index is 3.89. The fourth-order valence-corrected chi connectivity index (χ4v) is 4.17. The summed E-state index contributed by atoms with van der Waals surface area (Å²) in [5, 5.41) is 3.89. The van der Waals surface area contributed by atoms with Gasteiger partial charge in [-0.1, -0.05) is 51.5 Å². The van der Waals surface area contributed by atoms with Gasteiger partial charge in [0.2, 0.25) is 0 Å². The highest BCUT2D eigenvalue weighted by molar-refractivity contribution is 5.37. The molecule has 1 saturated carbocycles. The third-order valence-electron chi connectivity index (χ3n) is 5.21. The Morgan fingerprint density at radius 1 is 1.21 bits per heavy atom. The van der Waals surface area contributed by atoms with Gasteiger partial charge < -0.3 is 5.32 Å². The van der Waals surface area contributed by atoms with Gasteiger partial charge in [-0.3, -0.25) is 0 Å². The van der Waals surface area contributed by atoms with Crippen LogP contribution in [0.15, 0.2) is 24.3 Å². The first-order valence-corrected chi connectivity index (χ1v) is 7.87. The summed E-state index contributed by atoms with van der Waals surface area (Å²) in [6, 6.07) is 9.53. The molecular formula is C18H27N. The maximum Gasteiger partial charge on any atom is 0.0377 e. The van der Waals surface area contributed by atoms with Gasteiger partial charge in [0.15, 0.2) is 0 Å². The van der Waals surface area contributed by atoms with E-state index < -0.39 is 0 Å². The third kappa shape index (κ3) is 2.58. The molecule has 19 heavy (non-hydrogen) atoms. The molecule has 0 bridgehead atoms. The van der Waals surface area contributed by atoms with Crippen molar-refractivity contribution in [1.82, 2.24) is 5.32 Å². The average Bonchev–Trinajstić information content (AvgIpc) is 2.87. The Morgan fingerprint density at radius 2 is 2.00 bits per heavy atom. The molecule has 0 aliphatic heterocycles. The van der Waals surface area contributed by atoms with Gasteiger partial charge in [-0.15, -0.1) is 0 Å². The lowest BCUT2D eigenvalue weighted by atomic mass is 9.85. The molecule has 0 radical (unpaired) electrons. The van der Waals surface area contributed by atoms with Gasteiger partial charge in [0.25, 0.3) is 0 Å². The normalized spacial score (nSPS) is 32.5. The van der Waals surface area contributed by atoms with E-state index >= 15 is 0 Å². The number of benzene rings is 1. The number of hydrogen-bond acceptors (Lipinski definition) is 1. The van der Waals surface area contributed by atoms with Crippen LogP contribution in [0, 0.1) is 17.3 Å². The van der Waals surface area contributed by atoms with Crippen LogP contribution >= 0.6 is 0 Å². The SMILES string of the molecule is CC1CCC(CNC2c3ccccc3CC2(C)C)C1. The molecular weight excluding hydrogens is 230 g/mol. The van der Waals surface area contributed by atoms with Gasteiger partial charge in [0.05, 0.1) is 0 Å². The van der Waals surface area contributed by atoms with Crippen molar-refractivity contribution in [3.63, 3.8) is 0 Å². The number of nitrogens with one attached hydrogen (secondary N) is 1. The highest BCUT2D eigenvalue weighted by Crippen LogP contribution is 2.45. The summed E-state index contributed by atoms with van der Waals surface area (Å²) in [5.41, 5.74) is 3.44. The zero-order valence-electron chi connectivity index (χ0n) is 12.6. The van der Waals surface area contributed by atoms with E-state index in [1.807, 2.05) is 0 Å². The Bertz CT molecular complexity index is 449. The fraction of sp³-hybridized carbons (Fsp3) is 0.667. The Hall–Kier alpha value is -0.820. The summed E-state index contributed by atoms with van der Waals surface area (Å²) in [4.78, 5) is 0. The highest BCUT2D eigenvalue weighted by Gasteiger charge is 2.38. The van der Waals surface area contributed by atoms with E-state index in [0.29, 0.717) is 11.5 Å². The van der Waals surface area contributed by atoms with Gasteiger partial charge in [-0.25, -0.2) is 0 Å². The zero-order chi connectivity index (χ0) is 13.5. The third-order valence-corrected chi connectivity index (χ3v) is 5.21. The maximum atomic E-state index is 3.89. The predicted octanol–water partition coefficient (Wildman–Crippen LogP) is 4.34. The molecule has 104 valence electrons. The largest absolute Gasteiger partial charge is 0.309 e. The molecule has 0 heterocycles. The quantitative estimate of drug-likeness (QED) is 0.849. The molecule has 3 rings (SSSR count).